The molecule has 1 amide bonds. The van der Waals surface area contributed by atoms with Gasteiger partial charge in [-0.2, -0.15) is 0 Å². The van der Waals surface area contributed by atoms with Crippen molar-refractivity contribution in [1.29, 1.82) is 0 Å². The molecule has 0 radical (unpaired) electrons. The van der Waals surface area contributed by atoms with E-state index in [2.05, 4.69) is 34.5 Å². The van der Waals surface area contributed by atoms with Gasteiger partial charge in [0, 0.05) is 6.04 Å². The highest BCUT2D eigenvalue weighted by atomic mass is 16.5. The lowest BCUT2D eigenvalue weighted by molar-refractivity contribution is -0.123. The van der Waals surface area contributed by atoms with Crippen molar-refractivity contribution in [3.63, 3.8) is 0 Å². The molecule has 0 bridgehead atoms. The smallest absolute Gasteiger partial charge is 0.234 e. The van der Waals surface area contributed by atoms with Crippen LogP contribution in [0.1, 0.15) is 24.8 Å². The second-order valence-corrected chi connectivity index (χ2v) is 6.82. The highest BCUT2D eigenvalue weighted by molar-refractivity contribution is 5.78. The van der Waals surface area contributed by atoms with Crippen LogP contribution < -0.4 is 10.1 Å². The number of hydrogen-bond acceptors (Lipinski definition) is 3. The van der Waals surface area contributed by atoms with Crippen LogP contribution in [0, 0.1) is 0 Å². The van der Waals surface area contributed by atoms with Crippen LogP contribution in [0.5, 0.6) is 5.75 Å². The molecular formula is C22H28N2O2. The van der Waals surface area contributed by atoms with Crippen LogP contribution in [0.2, 0.25) is 0 Å². The number of rotatable bonds is 8. The van der Waals surface area contributed by atoms with Gasteiger partial charge in [-0.25, -0.2) is 0 Å². The zero-order chi connectivity index (χ0) is 18.0. The Balaban J connectivity index is 1.41. The van der Waals surface area contributed by atoms with E-state index in [1.165, 1.54) is 24.8 Å². The quantitative estimate of drug-likeness (QED) is 0.742. The summed E-state index contributed by atoms with van der Waals surface area (Å²) in [7, 11) is 0. The number of amides is 1. The number of nitrogens with zero attached hydrogens (tertiary/aromatic N) is 1. The molecule has 3 rings (SSSR count). The van der Waals surface area contributed by atoms with Gasteiger partial charge in [0.1, 0.15) is 12.4 Å². The van der Waals surface area contributed by atoms with Crippen molar-refractivity contribution in [2.45, 2.75) is 31.7 Å². The predicted molar refractivity (Wildman–Crippen MR) is 104 cm³/mol. The van der Waals surface area contributed by atoms with Crippen LogP contribution in [-0.4, -0.2) is 43.1 Å². The summed E-state index contributed by atoms with van der Waals surface area (Å²) in [5.74, 6) is 0.919. The summed E-state index contributed by atoms with van der Waals surface area (Å²) in [5.41, 5.74) is 1.35. The fourth-order valence-electron chi connectivity index (χ4n) is 3.50. The minimum atomic E-state index is 0.0848. The maximum atomic E-state index is 12.3. The maximum absolute atomic E-state index is 12.3. The Kier molecular flexibility index (Phi) is 7.08. The Morgan fingerprint density at radius 1 is 1.04 bits per heavy atom. The number of carbonyl (C=O) groups excluding carboxylic acids is 1. The van der Waals surface area contributed by atoms with Crippen LogP contribution in [0.15, 0.2) is 60.7 Å². The molecule has 1 aliphatic rings. The summed E-state index contributed by atoms with van der Waals surface area (Å²) in [5, 5.41) is 2.98. The van der Waals surface area contributed by atoms with E-state index in [9.17, 15) is 4.79 Å². The molecule has 2 aromatic carbocycles. The molecule has 0 saturated carbocycles. The number of para-hydroxylation sites is 1. The van der Waals surface area contributed by atoms with Gasteiger partial charge in [-0.1, -0.05) is 55.0 Å². The van der Waals surface area contributed by atoms with Crippen LogP contribution >= 0.6 is 0 Å². The second-order valence-electron chi connectivity index (χ2n) is 6.82. The third-order valence-electron chi connectivity index (χ3n) is 4.85. The normalized spacial score (nSPS) is 17.6. The fourth-order valence-corrected chi connectivity index (χ4v) is 3.50. The van der Waals surface area contributed by atoms with E-state index in [1.807, 2.05) is 36.4 Å². The van der Waals surface area contributed by atoms with Crippen molar-refractivity contribution >= 4 is 5.91 Å². The molecule has 1 saturated heterocycles. The van der Waals surface area contributed by atoms with Crippen LogP contribution in [0.25, 0.3) is 0 Å². The lowest BCUT2D eigenvalue weighted by Crippen LogP contribution is -2.47. The molecule has 26 heavy (non-hydrogen) atoms. The second kappa shape index (κ2) is 9.97. The van der Waals surface area contributed by atoms with Gasteiger partial charge in [0.25, 0.3) is 0 Å². The first kappa shape index (κ1) is 18.5. The van der Waals surface area contributed by atoms with E-state index in [-0.39, 0.29) is 5.91 Å². The number of likely N-dealkylation sites (tertiary alicyclic amines) is 1. The summed E-state index contributed by atoms with van der Waals surface area (Å²) < 4.78 is 5.62. The predicted octanol–water partition coefficient (Wildman–Crippen LogP) is 3.28. The molecule has 1 heterocycles. The molecule has 1 atom stereocenters. The van der Waals surface area contributed by atoms with Gasteiger partial charge >= 0.3 is 0 Å². The van der Waals surface area contributed by atoms with Gasteiger partial charge in [-0.15, -0.1) is 0 Å². The van der Waals surface area contributed by atoms with Crippen molar-refractivity contribution in [3.8, 4) is 5.75 Å². The SMILES string of the molecule is O=C(CN1CCCCC1Cc1ccccc1)NCCOc1ccccc1. The number of benzene rings is 2. The molecule has 4 nitrogen and oxygen atoms in total. The summed E-state index contributed by atoms with van der Waals surface area (Å²) in [6.45, 7) is 2.50. The van der Waals surface area contributed by atoms with Gasteiger partial charge < -0.3 is 10.1 Å². The molecule has 0 aliphatic carbocycles. The van der Waals surface area contributed by atoms with E-state index >= 15 is 0 Å². The van der Waals surface area contributed by atoms with Crippen molar-refractivity contribution < 1.29 is 9.53 Å². The lowest BCUT2D eigenvalue weighted by atomic mass is 9.95. The standard InChI is InChI=1S/C22H28N2O2/c25-22(23-14-16-26-21-12-5-2-6-13-21)18-24-15-8-7-11-20(24)17-19-9-3-1-4-10-19/h1-6,9-10,12-13,20H,7-8,11,14-18H2,(H,23,25). The first-order valence-electron chi connectivity index (χ1n) is 9.54. The summed E-state index contributed by atoms with van der Waals surface area (Å²) in [6.07, 6.45) is 4.61. The Labute approximate surface area is 156 Å². The molecule has 0 aromatic heterocycles. The summed E-state index contributed by atoms with van der Waals surface area (Å²) in [4.78, 5) is 14.6. The lowest BCUT2D eigenvalue weighted by Gasteiger charge is -2.35. The number of hydrogen-bond donors (Lipinski definition) is 1. The molecule has 4 heteroatoms. The van der Waals surface area contributed by atoms with Gasteiger partial charge in [0.15, 0.2) is 0 Å². The Bertz CT molecular complexity index is 660. The minimum absolute atomic E-state index is 0.0848. The summed E-state index contributed by atoms with van der Waals surface area (Å²) >= 11 is 0. The van der Waals surface area contributed by atoms with E-state index in [4.69, 9.17) is 4.74 Å². The largest absolute Gasteiger partial charge is 0.492 e. The number of carbonyl (C=O) groups is 1. The van der Waals surface area contributed by atoms with Gasteiger partial charge in [0.05, 0.1) is 13.1 Å². The fraction of sp³-hybridized carbons (Fsp3) is 0.409. The zero-order valence-corrected chi connectivity index (χ0v) is 15.3. The molecule has 1 fully saturated rings. The third kappa shape index (κ3) is 5.88. The monoisotopic (exact) mass is 352 g/mol. The van der Waals surface area contributed by atoms with E-state index in [1.54, 1.807) is 0 Å². The van der Waals surface area contributed by atoms with E-state index in [0.29, 0.717) is 25.7 Å². The Hall–Kier alpha value is -2.33. The highest BCUT2D eigenvalue weighted by Crippen LogP contribution is 2.20. The molecular weight excluding hydrogens is 324 g/mol. The molecule has 1 unspecified atom stereocenters. The summed E-state index contributed by atoms with van der Waals surface area (Å²) in [6, 6.07) is 20.7. The van der Waals surface area contributed by atoms with Crippen LogP contribution in [-0.2, 0) is 11.2 Å². The molecule has 1 N–H and O–H groups in total. The van der Waals surface area contributed by atoms with Gasteiger partial charge in [-0.3, -0.25) is 9.69 Å². The molecule has 0 spiro atoms. The minimum Gasteiger partial charge on any atom is -0.492 e. The van der Waals surface area contributed by atoms with Gasteiger partial charge in [0.2, 0.25) is 5.91 Å². The molecule has 1 aliphatic heterocycles. The number of piperidine rings is 1. The average Bonchev–Trinajstić information content (AvgIpc) is 2.68. The van der Waals surface area contributed by atoms with Crippen molar-refractivity contribution in [2.24, 2.45) is 0 Å². The first-order chi connectivity index (χ1) is 12.8. The van der Waals surface area contributed by atoms with Gasteiger partial charge in [-0.05, 0) is 43.5 Å². The average molecular weight is 352 g/mol. The number of ether oxygens (including phenoxy) is 1. The van der Waals surface area contributed by atoms with Crippen LogP contribution in [0.3, 0.4) is 0 Å². The van der Waals surface area contributed by atoms with Crippen molar-refractivity contribution in [3.05, 3.63) is 66.2 Å². The number of nitrogens with one attached hydrogen (secondary N) is 1. The van der Waals surface area contributed by atoms with Crippen LogP contribution in [0.4, 0.5) is 0 Å². The zero-order valence-electron chi connectivity index (χ0n) is 15.3. The first-order valence-corrected chi connectivity index (χ1v) is 9.54. The van der Waals surface area contributed by atoms with E-state index < -0.39 is 0 Å². The highest BCUT2D eigenvalue weighted by Gasteiger charge is 2.24. The Morgan fingerprint density at radius 3 is 2.54 bits per heavy atom. The molecule has 2 aromatic rings. The maximum Gasteiger partial charge on any atom is 0.234 e. The van der Waals surface area contributed by atoms with E-state index in [0.717, 1.165) is 18.7 Å². The Morgan fingerprint density at radius 2 is 1.77 bits per heavy atom. The third-order valence-corrected chi connectivity index (χ3v) is 4.85. The molecule has 138 valence electrons. The van der Waals surface area contributed by atoms with Crippen molar-refractivity contribution in [1.82, 2.24) is 10.2 Å². The topological polar surface area (TPSA) is 41.6 Å². The van der Waals surface area contributed by atoms with Crippen molar-refractivity contribution in [2.75, 3.05) is 26.2 Å².